The molecule has 6 heteroatoms. The number of halogens is 4. The predicted molar refractivity (Wildman–Crippen MR) is 51.1 cm³/mol. The lowest BCUT2D eigenvalue weighted by Gasteiger charge is -2.06. The van der Waals surface area contributed by atoms with Crippen LogP contribution >= 0.6 is 23.2 Å². The Bertz CT molecular complexity index is 357. The highest BCUT2D eigenvalue weighted by Gasteiger charge is 2.16. The van der Waals surface area contributed by atoms with Gasteiger partial charge < -0.3 is 5.32 Å². The van der Waals surface area contributed by atoms with Crippen molar-refractivity contribution in [3.8, 4) is 0 Å². The summed E-state index contributed by atoms with van der Waals surface area (Å²) in [5.74, 6) is -1.41. The first-order valence-electron chi connectivity index (χ1n) is 3.55. The summed E-state index contributed by atoms with van der Waals surface area (Å²) < 4.78 is 23.7. The molecule has 1 rings (SSSR count). The molecule has 1 amide bonds. The molecule has 1 N–H and O–H groups in total. The van der Waals surface area contributed by atoms with Crippen LogP contribution < -0.4 is 5.32 Å². The Hall–Kier alpha value is -0.870. The monoisotopic (exact) mass is 239 g/mol. The number of carbonyl (C=O) groups excluding carboxylic acids is 1. The van der Waals surface area contributed by atoms with E-state index in [1.165, 1.54) is 18.2 Å². The highest BCUT2D eigenvalue weighted by Crippen LogP contribution is 2.29. The minimum atomic E-state index is -3.08. The van der Waals surface area contributed by atoms with E-state index in [-0.39, 0.29) is 15.7 Å². The molecule has 0 radical (unpaired) electrons. The molecule has 0 saturated heterocycles. The average Bonchev–Trinajstić information content (AvgIpc) is 2.12. The maximum atomic E-state index is 11.9. The Labute approximate surface area is 88.8 Å². The highest BCUT2D eigenvalue weighted by molar-refractivity contribution is 6.43. The van der Waals surface area contributed by atoms with E-state index in [0.717, 1.165) is 0 Å². The van der Waals surface area contributed by atoms with Gasteiger partial charge in [-0.3, -0.25) is 4.79 Å². The summed E-state index contributed by atoms with van der Waals surface area (Å²) in [6, 6.07) is 4.37. The van der Waals surface area contributed by atoms with Crippen LogP contribution in [0.25, 0.3) is 0 Å². The van der Waals surface area contributed by atoms with Crippen LogP contribution in [-0.4, -0.2) is 12.3 Å². The molecule has 0 aromatic heterocycles. The summed E-state index contributed by atoms with van der Waals surface area (Å²) in [5, 5.41) is 2.18. The molecule has 0 bridgehead atoms. The van der Waals surface area contributed by atoms with Crippen LogP contribution in [0.3, 0.4) is 0 Å². The SMILES string of the molecule is O=C(Nc1cccc(Cl)c1Cl)C(F)F. The third-order valence-electron chi connectivity index (χ3n) is 1.41. The van der Waals surface area contributed by atoms with Gasteiger partial charge in [-0.25, -0.2) is 0 Å². The molecule has 14 heavy (non-hydrogen) atoms. The Morgan fingerprint density at radius 2 is 2.00 bits per heavy atom. The molecular formula is C8H5Cl2F2NO. The molecule has 0 fully saturated rings. The lowest BCUT2D eigenvalue weighted by molar-refractivity contribution is -0.126. The number of benzene rings is 1. The van der Waals surface area contributed by atoms with Gasteiger partial charge in [-0.05, 0) is 12.1 Å². The summed E-state index contributed by atoms with van der Waals surface area (Å²) in [7, 11) is 0. The van der Waals surface area contributed by atoms with Gasteiger partial charge in [-0.1, -0.05) is 29.3 Å². The normalized spacial score (nSPS) is 10.4. The van der Waals surface area contributed by atoms with Crippen molar-refractivity contribution in [2.45, 2.75) is 6.43 Å². The summed E-state index contributed by atoms with van der Waals surface area (Å²) >= 11 is 11.3. The van der Waals surface area contributed by atoms with E-state index in [9.17, 15) is 13.6 Å². The van der Waals surface area contributed by atoms with E-state index in [2.05, 4.69) is 0 Å². The molecule has 2 nitrogen and oxygen atoms in total. The molecular weight excluding hydrogens is 235 g/mol. The zero-order valence-corrected chi connectivity index (χ0v) is 8.24. The second-order valence-corrected chi connectivity index (χ2v) is 3.18. The number of amides is 1. The lowest BCUT2D eigenvalue weighted by atomic mass is 10.3. The van der Waals surface area contributed by atoms with Crippen LogP contribution in [-0.2, 0) is 4.79 Å². The smallest absolute Gasteiger partial charge is 0.315 e. The van der Waals surface area contributed by atoms with Gasteiger partial charge in [-0.2, -0.15) is 8.78 Å². The Morgan fingerprint density at radius 3 is 2.57 bits per heavy atom. The molecule has 0 spiro atoms. The zero-order valence-electron chi connectivity index (χ0n) is 6.73. The second kappa shape index (κ2) is 4.57. The fourth-order valence-electron chi connectivity index (χ4n) is 0.788. The Balaban J connectivity index is 2.87. The Morgan fingerprint density at radius 1 is 1.36 bits per heavy atom. The van der Waals surface area contributed by atoms with Gasteiger partial charge >= 0.3 is 6.43 Å². The predicted octanol–water partition coefficient (Wildman–Crippen LogP) is 3.20. The lowest BCUT2D eigenvalue weighted by Crippen LogP contribution is -2.20. The number of anilines is 1. The van der Waals surface area contributed by atoms with Crippen molar-refractivity contribution in [3.63, 3.8) is 0 Å². The number of hydrogen-bond acceptors (Lipinski definition) is 1. The van der Waals surface area contributed by atoms with Crippen molar-refractivity contribution >= 4 is 34.8 Å². The van der Waals surface area contributed by atoms with Crippen LogP contribution in [0.2, 0.25) is 10.0 Å². The second-order valence-electron chi connectivity index (χ2n) is 2.39. The average molecular weight is 240 g/mol. The topological polar surface area (TPSA) is 29.1 Å². The van der Waals surface area contributed by atoms with Crippen LogP contribution in [0.1, 0.15) is 0 Å². The van der Waals surface area contributed by atoms with Crippen molar-refractivity contribution < 1.29 is 13.6 Å². The van der Waals surface area contributed by atoms with E-state index in [4.69, 9.17) is 23.2 Å². The van der Waals surface area contributed by atoms with E-state index in [0.29, 0.717) is 0 Å². The van der Waals surface area contributed by atoms with E-state index < -0.39 is 12.3 Å². The van der Waals surface area contributed by atoms with E-state index in [1.54, 1.807) is 0 Å². The molecule has 0 heterocycles. The first kappa shape index (κ1) is 11.2. The number of alkyl halides is 2. The van der Waals surface area contributed by atoms with E-state index >= 15 is 0 Å². The third kappa shape index (κ3) is 2.56. The molecule has 76 valence electrons. The summed E-state index contributed by atoms with van der Waals surface area (Å²) in [5.41, 5.74) is 0.0736. The van der Waals surface area contributed by atoms with Gasteiger partial charge in [0.05, 0.1) is 15.7 Å². The van der Waals surface area contributed by atoms with Crippen molar-refractivity contribution in [2.75, 3.05) is 5.32 Å². The fraction of sp³-hybridized carbons (Fsp3) is 0.125. The van der Waals surface area contributed by atoms with Crippen molar-refractivity contribution in [1.29, 1.82) is 0 Å². The van der Waals surface area contributed by atoms with Gasteiger partial charge in [0.25, 0.3) is 5.91 Å². The standard InChI is InChI=1S/C8H5Cl2F2NO/c9-4-2-1-3-5(6(4)10)13-8(14)7(11)12/h1-3,7H,(H,13,14). The van der Waals surface area contributed by atoms with Crippen molar-refractivity contribution in [2.24, 2.45) is 0 Å². The highest BCUT2D eigenvalue weighted by atomic mass is 35.5. The quantitative estimate of drug-likeness (QED) is 0.844. The summed E-state index contributed by atoms with van der Waals surface area (Å²) in [6.07, 6.45) is -3.08. The maximum absolute atomic E-state index is 11.9. The van der Waals surface area contributed by atoms with Crippen LogP contribution in [0.4, 0.5) is 14.5 Å². The van der Waals surface area contributed by atoms with Crippen LogP contribution in [0, 0.1) is 0 Å². The minimum absolute atomic E-state index is 0.0446. The van der Waals surface area contributed by atoms with E-state index in [1.807, 2.05) is 5.32 Å². The molecule has 0 aliphatic heterocycles. The van der Waals surface area contributed by atoms with Crippen molar-refractivity contribution in [1.82, 2.24) is 0 Å². The summed E-state index contributed by atoms with van der Waals surface area (Å²) in [6.45, 7) is 0. The molecule has 1 aromatic carbocycles. The molecule has 0 aliphatic carbocycles. The Kier molecular flexibility index (Phi) is 3.66. The van der Waals surface area contributed by atoms with Crippen molar-refractivity contribution in [3.05, 3.63) is 28.2 Å². The molecule has 0 atom stereocenters. The molecule has 0 saturated carbocycles. The van der Waals surface area contributed by atoms with Crippen LogP contribution in [0.5, 0.6) is 0 Å². The third-order valence-corrected chi connectivity index (χ3v) is 2.23. The maximum Gasteiger partial charge on any atom is 0.315 e. The van der Waals surface area contributed by atoms with Gasteiger partial charge in [0, 0.05) is 0 Å². The number of rotatable bonds is 2. The van der Waals surface area contributed by atoms with Crippen LogP contribution in [0.15, 0.2) is 18.2 Å². The molecule has 0 aliphatic rings. The first-order chi connectivity index (χ1) is 6.52. The van der Waals surface area contributed by atoms with Gasteiger partial charge in [-0.15, -0.1) is 0 Å². The van der Waals surface area contributed by atoms with Gasteiger partial charge in [0.15, 0.2) is 0 Å². The number of carbonyl (C=O) groups is 1. The molecule has 1 aromatic rings. The number of hydrogen-bond donors (Lipinski definition) is 1. The first-order valence-corrected chi connectivity index (χ1v) is 4.31. The van der Waals surface area contributed by atoms with Gasteiger partial charge in [0.2, 0.25) is 0 Å². The number of nitrogens with one attached hydrogen (secondary N) is 1. The minimum Gasteiger partial charge on any atom is -0.320 e. The largest absolute Gasteiger partial charge is 0.320 e. The molecule has 0 unspecified atom stereocenters. The zero-order chi connectivity index (χ0) is 10.7. The summed E-state index contributed by atoms with van der Waals surface area (Å²) in [4.78, 5) is 10.6. The fourth-order valence-corrected chi connectivity index (χ4v) is 1.14. The van der Waals surface area contributed by atoms with Gasteiger partial charge in [0.1, 0.15) is 0 Å².